The molecular formula is C22H18F3N5O. The van der Waals surface area contributed by atoms with E-state index in [1.54, 1.807) is 16.9 Å². The van der Waals surface area contributed by atoms with E-state index in [-0.39, 0.29) is 12.5 Å². The lowest BCUT2D eigenvalue weighted by Crippen LogP contribution is -2.25. The summed E-state index contributed by atoms with van der Waals surface area (Å²) < 4.78 is 39.5. The zero-order valence-corrected chi connectivity index (χ0v) is 16.5. The van der Waals surface area contributed by atoms with Gasteiger partial charge in [-0.1, -0.05) is 18.2 Å². The second-order valence-corrected chi connectivity index (χ2v) is 6.98. The van der Waals surface area contributed by atoms with Gasteiger partial charge in [0.15, 0.2) is 11.5 Å². The van der Waals surface area contributed by atoms with E-state index in [4.69, 9.17) is 0 Å². The molecule has 0 saturated heterocycles. The normalized spacial score (nSPS) is 11.6. The van der Waals surface area contributed by atoms with E-state index in [1.165, 1.54) is 18.3 Å². The Morgan fingerprint density at radius 2 is 1.87 bits per heavy atom. The molecule has 158 valence electrons. The molecule has 0 saturated carbocycles. The number of halogens is 3. The molecule has 9 heteroatoms. The van der Waals surface area contributed by atoms with E-state index in [2.05, 4.69) is 20.4 Å². The van der Waals surface area contributed by atoms with Crippen molar-refractivity contribution in [3.05, 3.63) is 83.3 Å². The molecule has 0 unspecified atom stereocenters. The van der Waals surface area contributed by atoms with Crippen LogP contribution in [-0.2, 0) is 12.6 Å². The molecule has 6 nitrogen and oxygen atoms in total. The lowest BCUT2D eigenvalue weighted by Gasteiger charge is -2.08. The fourth-order valence-corrected chi connectivity index (χ4v) is 3.19. The summed E-state index contributed by atoms with van der Waals surface area (Å²) in [7, 11) is 0. The smallest absolute Gasteiger partial charge is 0.352 e. The number of hydrogen-bond acceptors (Lipinski definition) is 4. The number of carbonyl (C=O) groups excluding carboxylic acids is 1. The molecule has 4 aromatic rings. The average molecular weight is 425 g/mol. The van der Waals surface area contributed by atoms with Gasteiger partial charge in [0.1, 0.15) is 0 Å². The summed E-state index contributed by atoms with van der Waals surface area (Å²) in [6.07, 6.45) is -0.815. The second-order valence-electron chi connectivity index (χ2n) is 6.98. The van der Waals surface area contributed by atoms with Crippen LogP contribution in [0.3, 0.4) is 0 Å². The van der Waals surface area contributed by atoms with Crippen LogP contribution in [0, 0.1) is 6.92 Å². The highest BCUT2D eigenvalue weighted by Gasteiger charge is 2.29. The standard InChI is InChI=1S/C22H18F3N5O/c1-14-18-12-16(13-28-20(18)30(29-14)19-4-2-3-10-26-19)21(31)27-11-9-15-5-7-17(8-6-15)22(23,24)25/h2-8,10,12-13H,9,11H2,1H3,(H,27,31). The van der Waals surface area contributed by atoms with E-state index < -0.39 is 11.7 Å². The van der Waals surface area contributed by atoms with E-state index in [9.17, 15) is 18.0 Å². The largest absolute Gasteiger partial charge is 0.416 e. The Bertz CT molecular complexity index is 1220. The Balaban J connectivity index is 1.44. The third kappa shape index (κ3) is 4.40. The fraction of sp³-hybridized carbons (Fsp3) is 0.182. The summed E-state index contributed by atoms with van der Waals surface area (Å²) in [6, 6.07) is 12.1. The third-order valence-corrected chi connectivity index (χ3v) is 4.82. The maximum Gasteiger partial charge on any atom is 0.416 e. The molecule has 3 aromatic heterocycles. The number of alkyl halides is 3. The molecule has 3 heterocycles. The molecule has 1 aromatic carbocycles. The molecule has 0 aliphatic heterocycles. The van der Waals surface area contributed by atoms with Gasteiger partial charge in [0.2, 0.25) is 0 Å². The van der Waals surface area contributed by atoms with Gasteiger partial charge in [-0.15, -0.1) is 0 Å². The van der Waals surface area contributed by atoms with Crippen molar-refractivity contribution >= 4 is 16.9 Å². The number of fused-ring (bicyclic) bond motifs is 1. The van der Waals surface area contributed by atoms with Crippen molar-refractivity contribution in [2.45, 2.75) is 19.5 Å². The van der Waals surface area contributed by atoms with Crippen molar-refractivity contribution in [3.63, 3.8) is 0 Å². The SMILES string of the molecule is Cc1nn(-c2ccccn2)c2ncc(C(=O)NCCc3ccc(C(F)(F)F)cc3)cc12. The van der Waals surface area contributed by atoms with Crippen molar-refractivity contribution in [2.24, 2.45) is 0 Å². The molecule has 1 N–H and O–H groups in total. The number of rotatable bonds is 5. The number of carbonyl (C=O) groups is 1. The highest BCUT2D eigenvalue weighted by Crippen LogP contribution is 2.29. The minimum absolute atomic E-state index is 0.286. The zero-order chi connectivity index (χ0) is 22.0. The molecule has 0 atom stereocenters. The monoisotopic (exact) mass is 425 g/mol. The molecule has 4 rings (SSSR count). The summed E-state index contributed by atoms with van der Waals surface area (Å²) in [4.78, 5) is 21.2. The van der Waals surface area contributed by atoms with E-state index in [0.717, 1.165) is 17.5 Å². The molecule has 0 radical (unpaired) electrons. The first kappa shape index (κ1) is 20.5. The molecule has 0 bridgehead atoms. The van der Waals surface area contributed by atoms with Gasteiger partial charge in [0, 0.05) is 24.3 Å². The van der Waals surface area contributed by atoms with Gasteiger partial charge < -0.3 is 5.32 Å². The van der Waals surface area contributed by atoms with Crippen molar-refractivity contribution in [1.82, 2.24) is 25.1 Å². The number of pyridine rings is 2. The maximum absolute atomic E-state index is 12.6. The molecular weight excluding hydrogens is 407 g/mol. The average Bonchev–Trinajstić information content (AvgIpc) is 3.10. The number of hydrogen-bond donors (Lipinski definition) is 1. The number of benzene rings is 1. The zero-order valence-electron chi connectivity index (χ0n) is 16.5. The summed E-state index contributed by atoms with van der Waals surface area (Å²) in [5, 5.41) is 7.98. The number of nitrogens with zero attached hydrogens (tertiary/aromatic N) is 4. The summed E-state index contributed by atoms with van der Waals surface area (Å²) in [6.45, 7) is 2.12. The Kier molecular flexibility index (Phi) is 5.41. The topological polar surface area (TPSA) is 72.7 Å². The van der Waals surface area contributed by atoms with E-state index in [1.807, 2.05) is 25.1 Å². The van der Waals surface area contributed by atoms with Crippen LogP contribution in [0.15, 0.2) is 60.9 Å². The molecule has 0 aliphatic carbocycles. The Morgan fingerprint density at radius 1 is 1.10 bits per heavy atom. The van der Waals surface area contributed by atoms with Gasteiger partial charge in [-0.25, -0.2) is 9.97 Å². The second kappa shape index (κ2) is 8.17. The van der Waals surface area contributed by atoms with Gasteiger partial charge >= 0.3 is 6.18 Å². The Morgan fingerprint density at radius 3 is 2.55 bits per heavy atom. The van der Waals surface area contributed by atoms with Crippen LogP contribution in [0.5, 0.6) is 0 Å². The Labute approximate surface area is 175 Å². The van der Waals surface area contributed by atoms with Crippen LogP contribution in [0.4, 0.5) is 13.2 Å². The number of amides is 1. The van der Waals surface area contributed by atoms with Crippen molar-refractivity contribution in [3.8, 4) is 5.82 Å². The molecule has 0 spiro atoms. The number of aryl methyl sites for hydroxylation is 1. The predicted molar refractivity (Wildman–Crippen MR) is 109 cm³/mol. The number of aromatic nitrogens is 4. The van der Waals surface area contributed by atoms with Crippen molar-refractivity contribution in [1.29, 1.82) is 0 Å². The molecule has 31 heavy (non-hydrogen) atoms. The van der Waals surface area contributed by atoms with Crippen LogP contribution >= 0.6 is 0 Å². The molecule has 0 fully saturated rings. The Hall–Kier alpha value is -3.75. The van der Waals surface area contributed by atoms with Crippen LogP contribution in [0.2, 0.25) is 0 Å². The lowest BCUT2D eigenvalue weighted by molar-refractivity contribution is -0.137. The highest BCUT2D eigenvalue weighted by molar-refractivity contribution is 5.97. The highest BCUT2D eigenvalue weighted by atomic mass is 19.4. The summed E-state index contributed by atoms with van der Waals surface area (Å²) in [5.41, 5.74) is 1.70. The predicted octanol–water partition coefficient (Wildman–Crippen LogP) is 4.12. The lowest BCUT2D eigenvalue weighted by atomic mass is 10.1. The van der Waals surface area contributed by atoms with E-state index in [0.29, 0.717) is 34.7 Å². The van der Waals surface area contributed by atoms with Gasteiger partial charge in [-0.2, -0.15) is 23.0 Å². The van der Waals surface area contributed by atoms with Gasteiger partial charge in [-0.05, 0) is 49.2 Å². The maximum atomic E-state index is 12.6. The van der Waals surface area contributed by atoms with Gasteiger partial charge in [0.05, 0.1) is 16.8 Å². The van der Waals surface area contributed by atoms with Crippen molar-refractivity contribution in [2.75, 3.05) is 6.54 Å². The van der Waals surface area contributed by atoms with E-state index >= 15 is 0 Å². The fourth-order valence-electron chi connectivity index (χ4n) is 3.19. The molecule has 1 amide bonds. The van der Waals surface area contributed by atoms with Crippen LogP contribution in [0.25, 0.3) is 16.9 Å². The van der Waals surface area contributed by atoms with Crippen LogP contribution in [-0.4, -0.2) is 32.2 Å². The quantitative estimate of drug-likeness (QED) is 0.522. The minimum Gasteiger partial charge on any atom is -0.352 e. The van der Waals surface area contributed by atoms with Crippen LogP contribution < -0.4 is 5.32 Å². The third-order valence-electron chi connectivity index (χ3n) is 4.82. The first-order chi connectivity index (χ1) is 14.8. The van der Waals surface area contributed by atoms with Gasteiger partial charge in [-0.3, -0.25) is 4.79 Å². The van der Waals surface area contributed by atoms with Crippen molar-refractivity contribution < 1.29 is 18.0 Å². The summed E-state index contributed by atoms with van der Waals surface area (Å²) >= 11 is 0. The first-order valence-electron chi connectivity index (χ1n) is 9.54. The molecule has 0 aliphatic rings. The van der Waals surface area contributed by atoms with Crippen LogP contribution in [0.1, 0.15) is 27.2 Å². The number of nitrogens with one attached hydrogen (secondary N) is 1. The minimum atomic E-state index is -4.36. The van der Waals surface area contributed by atoms with Gasteiger partial charge in [0.25, 0.3) is 5.91 Å². The first-order valence-corrected chi connectivity index (χ1v) is 9.54. The summed E-state index contributed by atoms with van der Waals surface area (Å²) in [5.74, 6) is 0.313.